The highest BCUT2D eigenvalue weighted by atomic mass is 32.1. The monoisotopic (exact) mass is 945 g/mol. The third-order valence-corrected chi connectivity index (χ3v) is 14.5. The van der Waals surface area contributed by atoms with Crippen molar-refractivity contribution in [1.29, 1.82) is 0 Å². The smallest absolute Gasteiger partial charge is 0.355 e. The summed E-state index contributed by atoms with van der Waals surface area (Å²) in [4.78, 5) is 77.5. The number of anilines is 3. The van der Waals surface area contributed by atoms with Crippen LogP contribution in [-0.4, -0.2) is 92.1 Å². The Hall–Kier alpha value is -7.50. The first-order valence-corrected chi connectivity index (χ1v) is 24.1. The number of carbonyl (C=O) groups is 5. The Balaban J connectivity index is 0.752. The number of carboxylic acid groups (broad SMARTS) is 1. The van der Waals surface area contributed by atoms with E-state index in [4.69, 9.17) is 9.72 Å². The summed E-state index contributed by atoms with van der Waals surface area (Å²) in [6.07, 6.45) is 4.11. The molecule has 2 atom stereocenters. The normalized spacial score (nSPS) is 17.4. The van der Waals surface area contributed by atoms with Gasteiger partial charge < -0.3 is 20.1 Å². The number of nitrogens with one attached hydrogen (secondary N) is 3. The van der Waals surface area contributed by atoms with E-state index in [1.54, 1.807) is 11.7 Å². The van der Waals surface area contributed by atoms with Gasteiger partial charge in [0, 0.05) is 55.3 Å². The van der Waals surface area contributed by atoms with Crippen LogP contribution >= 0.6 is 11.3 Å². The summed E-state index contributed by atoms with van der Waals surface area (Å²) in [5.74, 6) is -1.12. The largest absolute Gasteiger partial charge is 0.493 e. The van der Waals surface area contributed by atoms with Crippen molar-refractivity contribution in [2.24, 2.45) is 13.0 Å². The summed E-state index contributed by atoms with van der Waals surface area (Å²) < 4.78 is 9.06. The number of piperidine rings is 2. The van der Waals surface area contributed by atoms with Crippen LogP contribution in [0.25, 0.3) is 32.2 Å². The Morgan fingerprint density at radius 3 is 2.61 bits per heavy atom. The molecule has 69 heavy (non-hydrogen) atoms. The Kier molecular flexibility index (Phi) is 12.6. The van der Waals surface area contributed by atoms with E-state index >= 15 is 0 Å². The van der Waals surface area contributed by atoms with Gasteiger partial charge >= 0.3 is 5.97 Å². The second kappa shape index (κ2) is 19.2. The predicted molar refractivity (Wildman–Crippen MR) is 264 cm³/mol. The fourth-order valence-electron chi connectivity index (χ4n) is 9.99. The van der Waals surface area contributed by atoms with Gasteiger partial charge in [0.05, 0.1) is 40.5 Å². The Labute approximate surface area is 401 Å². The van der Waals surface area contributed by atoms with Crippen molar-refractivity contribution in [2.75, 3.05) is 48.3 Å². The van der Waals surface area contributed by atoms with Crippen molar-refractivity contribution in [3.05, 3.63) is 125 Å². The number of carboxylic acids is 1. The van der Waals surface area contributed by atoms with Crippen LogP contribution in [0.1, 0.15) is 81.3 Å². The second-order valence-corrected chi connectivity index (χ2v) is 19.1. The highest BCUT2D eigenvalue weighted by Crippen LogP contribution is 2.36. The van der Waals surface area contributed by atoms with Crippen molar-refractivity contribution >= 4 is 78.7 Å². The number of para-hydroxylation sites is 1. The van der Waals surface area contributed by atoms with Crippen LogP contribution in [0.2, 0.25) is 0 Å². The van der Waals surface area contributed by atoms with Gasteiger partial charge in [0.15, 0.2) is 10.8 Å². The number of amides is 4. The molecule has 4 N–H and O–H groups in total. The lowest BCUT2D eigenvalue weighted by molar-refractivity contribution is -0.134. The summed E-state index contributed by atoms with van der Waals surface area (Å²) >= 11 is 1.42. The van der Waals surface area contributed by atoms with E-state index in [9.17, 15) is 29.1 Å². The molecule has 2 unspecified atom stereocenters. The highest BCUT2D eigenvalue weighted by Gasteiger charge is 2.32. The summed E-state index contributed by atoms with van der Waals surface area (Å²) in [7, 11) is 1.80. The van der Waals surface area contributed by atoms with Crippen LogP contribution in [0.5, 0.6) is 5.75 Å². The number of hydrogen-bond donors (Lipinski definition) is 4. The van der Waals surface area contributed by atoms with E-state index in [0.29, 0.717) is 83.2 Å². The maximum Gasteiger partial charge on any atom is 0.355 e. The minimum Gasteiger partial charge on any atom is -0.493 e. The van der Waals surface area contributed by atoms with E-state index in [2.05, 4.69) is 30.9 Å². The van der Waals surface area contributed by atoms with E-state index in [-0.39, 0.29) is 42.3 Å². The van der Waals surface area contributed by atoms with Crippen LogP contribution < -0.4 is 25.6 Å². The first kappa shape index (κ1) is 45.3. The van der Waals surface area contributed by atoms with Crippen molar-refractivity contribution in [3.8, 4) is 16.9 Å². The molecule has 0 bridgehead atoms. The fraction of sp³-hybridized carbons (Fsp3) is 0.308. The van der Waals surface area contributed by atoms with Gasteiger partial charge in [-0.05, 0) is 128 Å². The lowest BCUT2D eigenvalue weighted by Crippen LogP contribution is -2.40. The molecular weight excluding hydrogens is 895 g/mol. The van der Waals surface area contributed by atoms with Crippen molar-refractivity contribution in [2.45, 2.75) is 57.9 Å². The molecule has 17 heteroatoms. The second-order valence-electron chi connectivity index (χ2n) is 18.0. The molecule has 352 valence electrons. The standard InChI is InChI=1S/C52H51N9O7S/c1-30-34(35-17-19-44(55-48(35)51(66)67)61-24-21-32-9-5-11-36(39(32)28-61)49(64)57-52-54-40-12-3-4-14-43(40)69-52)10-6-13-42(30)68-25-22-31-8-7-23-60(27-31)29-46(63)53-33-15-16-37-41(26-33)59(2)58-47(37)38-18-20-45(62)56-50(38)65/h3-6,9-17,19,26,31,38H,7-8,18,20-25,27-29H2,1-2H3,(H,53,63)(H,66,67)(H,54,57,64)(H,56,62,65). The van der Waals surface area contributed by atoms with Crippen LogP contribution in [0, 0.1) is 12.8 Å². The van der Waals surface area contributed by atoms with Crippen molar-refractivity contribution in [1.82, 2.24) is 30.0 Å². The number of rotatable bonds is 13. The number of carbonyl (C=O) groups excluding carboxylic acids is 4. The maximum absolute atomic E-state index is 13.6. The molecule has 3 aliphatic rings. The number of hydrogen-bond acceptors (Lipinski definition) is 12. The quantitative estimate of drug-likeness (QED) is 0.0823. The number of benzene rings is 4. The van der Waals surface area contributed by atoms with E-state index in [1.165, 1.54) is 11.3 Å². The van der Waals surface area contributed by atoms with Gasteiger partial charge in [0.1, 0.15) is 11.6 Å². The topological polar surface area (TPSA) is 201 Å². The first-order valence-electron chi connectivity index (χ1n) is 23.3. The zero-order chi connectivity index (χ0) is 47.8. The van der Waals surface area contributed by atoms with Crippen LogP contribution in [0.4, 0.5) is 16.6 Å². The molecule has 0 aliphatic carbocycles. The number of ether oxygens (including phenoxy) is 1. The Bertz CT molecular complexity index is 3150. The number of thiazole rings is 1. The number of likely N-dealkylation sites (tertiary alicyclic amines) is 1. The molecule has 0 spiro atoms. The summed E-state index contributed by atoms with van der Waals surface area (Å²) in [5, 5.41) is 24.9. The van der Waals surface area contributed by atoms with Crippen molar-refractivity contribution < 1.29 is 33.8 Å². The number of nitrogens with zero attached hydrogens (tertiary/aromatic N) is 6. The zero-order valence-corrected chi connectivity index (χ0v) is 39.1. The molecule has 16 nitrogen and oxygen atoms in total. The average Bonchev–Trinajstić information content (AvgIpc) is 3.90. The molecule has 4 aromatic carbocycles. The van der Waals surface area contributed by atoms with Gasteiger partial charge in [-0.1, -0.05) is 47.7 Å². The average molecular weight is 946 g/mol. The Morgan fingerprint density at radius 2 is 1.77 bits per heavy atom. The third kappa shape index (κ3) is 9.52. The molecule has 10 rings (SSSR count). The minimum absolute atomic E-state index is 0.0665. The molecule has 2 saturated heterocycles. The molecule has 2 fully saturated rings. The fourth-order valence-corrected chi connectivity index (χ4v) is 10.9. The summed E-state index contributed by atoms with van der Waals surface area (Å²) in [6, 6.07) is 28.3. The van der Waals surface area contributed by atoms with E-state index < -0.39 is 11.9 Å². The number of aromatic nitrogens is 4. The van der Waals surface area contributed by atoms with Gasteiger partial charge in [-0.25, -0.2) is 14.8 Å². The van der Waals surface area contributed by atoms with Crippen LogP contribution in [0.3, 0.4) is 0 Å². The number of fused-ring (bicyclic) bond motifs is 3. The lowest BCUT2D eigenvalue weighted by Gasteiger charge is -2.32. The summed E-state index contributed by atoms with van der Waals surface area (Å²) in [6.45, 7) is 5.20. The molecule has 4 amide bonds. The molecule has 0 radical (unpaired) electrons. The van der Waals surface area contributed by atoms with Gasteiger partial charge in [-0.15, -0.1) is 0 Å². The Morgan fingerprint density at radius 1 is 0.913 bits per heavy atom. The lowest BCUT2D eigenvalue weighted by atomic mass is 9.93. The van der Waals surface area contributed by atoms with Gasteiger partial charge in [0.2, 0.25) is 17.7 Å². The molecule has 3 aromatic heterocycles. The van der Waals surface area contributed by atoms with Crippen LogP contribution in [-0.2, 0) is 34.4 Å². The number of aryl methyl sites for hydroxylation is 1. The molecule has 7 aromatic rings. The van der Waals surface area contributed by atoms with Crippen LogP contribution in [0.15, 0.2) is 91.0 Å². The van der Waals surface area contributed by atoms with E-state index in [0.717, 1.165) is 70.2 Å². The first-order chi connectivity index (χ1) is 33.4. The van der Waals surface area contributed by atoms with Gasteiger partial charge in [-0.3, -0.25) is 39.4 Å². The molecule has 6 heterocycles. The number of pyridine rings is 1. The van der Waals surface area contributed by atoms with Gasteiger partial charge in [-0.2, -0.15) is 5.10 Å². The molecule has 0 saturated carbocycles. The molecule has 3 aliphatic heterocycles. The summed E-state index contributed by atoms with van der Waals surface area (Å²) in [5.41, 5.74) is 7.30. The number of aromatic carboxylic acids is 1. The SMILES string of the molecule is Cc1c(OCCC2CCCN(CC(=O)Nc3ccc4c(C5CCC(=O)NC5=O)nn(C)c4c3)C2)cccc1-c1ccc(N2CCc3cccc(C(=O)Nc4nc5ccccc5s4)c3C2)nc1C(=O)O. The van der Waals surface area contributed by atoms with Crippen molar-refractivity contribution in [3.63, 3.8) is 0 Å². The molecular formula is C52H51N9O7S. The third-order valence-electron chi connectivity index (χ3n) is 13.5. The van der Waals surface area contributed by atoms with Gasteiger partial charge in [0.25, 0.3) is 5.91 Å². The highest BCUT2D eigenvalue weighted by molar-refractivity contribution is 7.22. The zero-order valence-electron chi connectivity index (χ0n) is 38.3. The van der Waals surface area contributed by atoms with E-state index in [1.807, 2.05) is 103 Å². The number of imide groups is 1. The minimum atomic E-state index is -1.14. The maximum atomic E-state index is 13.6. The predicted octanol–water partition coefficient (Wildman–Crippen LogP) is 7.71.